The van der Waals surface area contributed by atoms with E-state index in [-0.39, 0.29) is 18.9 Å². The molecule has 2 fully saturated rings. The van der Waals surface area contributed by atoms with E-state index >= 15 is 0 Å². The van der Waals surface area contributed by atoms with E-state index in [9.17, 15) is 18.4 Å². The maximum Gasteiger partial charge on any atom is 0.410 e. The normalized spacial score (nSPS) is 24.8. The molecule has 0 saturated carbocycles. The van der Waals surface area contributed by atoms with Crippen molar-refractivity contribution in [1.29, 1.82) is 0 Å². The molecule has 0 spiro atoms. The molecule has 2 aliphatic heterocycles. The van der Waals surface area contributed by atoms with E-state index in [0.29, 0.717) is 12.8 Å². The van der Waals surface area contributed by atoms with Gasteiger partial charge in [0, 0.05) is 30.8 Å². The summed E-state index contributed by atoms with van der Waals surface area (Å²) in [6.07, 6.45) is -0.445. The number of halogens is 2. The lowest BCUT2D eigenvalue weighted by Gasteiger charge is -2.28. The third-order valence-corrected chi connectivity index (χ3v) is 6.49. The molecule has 2 unspecified atom stereocenters. The van der Waals surface area contributed by atoms with Gasteiger partial charge < -0.3 is 9.64 Å². The van der Waals surface area contributed by atoms with Crippen molar-refractivity contribution >= 4 is 11.9 Å². The molecular weight excluding hydrogens is 376 g/mol. The Morgan fingerprint density at radius 3 is 2.24 bits per heavy atom. The quantitative estimate of drug-likeness (QED) is 0.734. The van der Waals surface area contributed by atoms with Crippen LogP contribution in [0.1, 0.15) is 42.7 Å². The number of carbonyl (C=O) groups excluding carboxylic acids is 2. The highest BCUT2D eigenvalue weighted by Crippen LogP contribution is 2.45. The second-order valence-corrected chi connectivity index (χ2v) is 8.13. The number of carbonyl (C=O) groups is 2. The highest BCUT2D eigenvalue weighted by Gasteiger charge is 2.52. The van der Waals surface area contributed by atoms with Crippen molar-refractivity contribution in [1.82, 2.24) is 4.90 Å². The van der Waals surface area contributed by atoms with Gasteiger partial charge in [0.05, 0.1) is 0 Å². The van der Waals surface area contributed by atoms with Crippen LogP contribution in [0.3, 0.4) is 0 Å². The molecule has 0 radical (unpaired) electrons. The lowest BCUT2D eigenvalue weighted by Crippen LogP contribution is -2.41. The molecule has 2 bridgehead atoms. The van der Waals surface area contributed by atoms with Gasteiger partial charge in [-0.05, 0) is 35.1 Å². The van der Waals surface area contributed by atoms with E-state index < -0.39 is 36.3 Å². The highest BCUT2D eigenvalue weighted by atomic mass is 19.3. The second kappa shape index (κ2) is 6.65. The summed E-state index contributed by atoms with van der Waals surface area (Å²) in [5.41, 5.74) is 4.46. The van der Waals surface area contributed by atoms with Crippen molar-refractivity contribution in [2.24, 2.45) is 0 Å². The predicted molar refractivity (Wildman–Crippen MR) is 103 cm³/mol. The van der Waals surface area contributed by atoms with Gasteiger partial charge in [-0.25, -0.2) is 4.79 Å². The van der Waals surface area contributed by atoms with Gasteiger partial charge in [0.2, 0.25) is 5.78 Å². The minimum absolute atomic E-state index is 0.0842. The maximum absolute atomic E-state index is 14.0. The molecule has 6 heteroatoms. The molecule has 5 rings (SSSR count). The summed E-state index contributed by atoms with van der Waals surface area (Å²) in [6, 6.07) is 14.9. The van der Waals surface area contributed by atoms with Crippen LogP contribution in [0.25, 0.3) is 11.1 Å². The van der Waals surface area contributed by atoms with Crippen LogP contribution in [-0.4, -0.2) is 41.4 Å². The Bertz CT molecular complexity index is 944. The average Bonchev–Trinajstić information content (AvgIpc) is 3.21. The molecule has 0 N–H and O–H groups in total. The highest BCUT2D eigenvalue weighted by molar-refractivity contribution is 5.87. The topological polar surface area (TPSA) is 46.6 Å². The van der Waals surface area contributed by atoms with Crippen LogP contribution in [0.15, 0.2) is 48.5 Å². The predicted octanol–water partition coefficient (Wildman–Crippen LogP) is 4.77. The number of hydrogen-bond acceptors (Lipinski definition) is 3. The van der Waals surface area contributed by atoms with Gasteiger partial charge in [-0.3, -0.25) is 4.79 Å². The minimum Gasteiger partial charge on any atom is -0.448 e. The zero-order chi connectivity index (χ0) is 20.2. The van der Waals surface area contributed by atoms with E-state index in [1.807, 2.05) is 36.4 Å². The van der Waals surface area contributed by atoms with Crippen LogP contribution in [0.4, 0.5) is 13.6 Å². The summed E-state index contributed by atoms with van der Waals surface area (Å²) in [6.45, 7) is 0.146. The first-order valence-corrected chi connectivity index (χ1v) is 10.00. The molecule has 2 heterocycles. The summed E-state index contributed by atoms with van der Waals surface area (Å²) >= 11 is 0. The zero-order valence-electron chi connectivity index (χ0n) is 15.8. The Balaban J connectivity index is 1.36. The van der Waals surface area contributed by atoms with E-state index in [0.717, 1.165) is 22.3 Å². The number of hydrogen-bond donors (Lipinski definition) is 0. The number of Topliss-reactive ketones (excluding diaryl/α,β-unsaturated/α-hetero) is 1. The van der Waals surface area contributed by atoms with Crippen molar-refractivity contribution in [3.63, 3.8) is 0 Å². The Morgan fingerprint density at radius 1 is 1.00 bits per heavy atom. The molecule has 3 aliphatic rings. The molecular formula is C23H21F2NO3. The average molecular weight is 397 g/mol. The van der Waals surface area contributed by atoms with Crippen molar-refractivity contribution in [2.45, 2.75) is 49.6 Å². The van der Waals surface area contributed by atoms with Gasteiger partial charge in [-0.2, -0.15) is 8.78 Å². The Kier molecular flexibility index (Phi) is 4.19. The van der Waals surface area contributed by atoms with E-state index in [2.05, 4.69) is 12.1 Å². The smallest absolute Gasteiger partial charge is 0.410 e. The Hall–Kier alpha value is -2.76. The summed E-state index contributed by atoms with van der Waals surface area (Å²) in [5, 5.41) is 0. The third kappa shape index (κ3) is 2.93. The Labute approximate surface area is 167 Å². The van der Waals surface area contributed by atoms with Crippen molar-refractivity contribution in [3.05, 3.63) is 59.7 Å². The minimum atomic E-state index is -3.36. The first-order chi connectivity index (χ1) is 14.0. The number of fused-ring (bicyclic) bond motifs is 5. The zero-order valence-corrected chi connectivity index (χ0v) is 15.8. The molecule has 2 saturated heterocycles. The van der Waals surface area contributed by atoms with Gasteiger partial charge in [0.25, 0.3) is 0 Å². The van der Waals surface area contributed by atoms with Crippen LogP contribution in [0.2, 0.25) is 0 Å². The number of rotatable bonds is 2. The fourth-order valence-corrected chi connectivity index (χ4v) is 5.10. The number of nitrogens with zero attached hydrogens (tertiary/aromatic N) is 1. The lowest BCUT2D eigenvalue weighted by molar-refractivity contribution is -0.144. The summed E-state index contributed by atoms with van der Waals surface area (Å²) in [5.74, 6) is -4.51. The van der Waals surface area contributed by atoms with Gasteiger partial charge >= 0.3 is 12.0 Å². The van der Waals surface area contributed by atoms with Crippen molar-refractivity contribution in [2.75, 3.05) is 6.61 Å². The summed E-state index contributed by atoms with van der Waals surface area (Å²) in [7, 11) is 0. The molecule has 1 amide bonds. The molecule has 2 aromatic rings. The van der Waals surface area contributed by atoms with E-state index in [1.54, 1.807) is 0 Å². The molecule has 1 aliphatic carbocycles. The number of alkyl halides is 2. The fourth-order valence-electron chi connectivity index (χ4n) is 5.10. The first-order valence-electron chi connectivity index (χ1n) is 10.00. The molecule has 4 nitrogen and oxygen atoms in total. The van der Waals surface area contributed by atoms with E-state index in [4.69, 9.17) is 4.74 Å². The molecule has 0 aromatic heterocycles. The standard InChI is InChI=1S/C23H21F2NO3/c24-23(25)12-15-10-9-14(11-21(23)27)26(15)22(28)29-13-20-18-7-3-1-5-16(18)17-6-2-4-8-19(17)20/h1-8,14-15,20H,9-13H2. The monoisotopic (exact) mass is 397 g/mol. The second-order valence-electron chi connectivity index (χ2n) is 8.13. The SMILES string of the molecule is O=C(OCC1c2ccccc2-c2ccccc21)N1C2CCC1CC(F)(F)C(=O)C2. The fraction of sp³-hybridized carbons (Fsp3) is 0.391. The van der Waals surface area contributed by atoms with Crippen molar-refractivity contribution < 1.29 is 23.1 Å². The first kappa shape index (κ1) is 18.3. The van der Waals surface area contributed by atoms with Crippen LogP contribution in [0, 0.1) is 0 Å². The Morgan fingerprint density at radius 2 is 1.59 bits per heavy atom. The van der Waals surface area contributed by atoms with Gasteiger partial charge in [0.1, 0.15) is 6.61 Å². The molecule has 2 aromatic carbocycles. The van der Waals surface area contributed by atoms with Crippen molar-refractivity contribution in [3.8, 4) is 11.1 Å². The van der Waals surface area contributed by atoms with E-state index in [1.165, 1.54) is 4.90 Å². The molecule has 29 heavy (non-hydrogen) atoms. The number of ether oxygens (including phenoxy) is 1. The number of amides is 1. The largest absolute Gasteiger partial charge is 0.448 e. The van der Waals surface area contributed by atoms with Gasteiger partial charge in [-0.1, -0.05) is 48.5 Å². The van der Waals surface area contributed by atoms with Crippen LogP contribution in [0.5, 0.6) is 0 Å². The van der Waals surface area contributed by atoms with Gasteiger partial charge in [0.15, 0.2) is 0 Å². The summed E-state index contributed by atoms with van der Waals surface area (Å²) in [4.78, 5) is 26.1. The van der Waals surface area contributed by atoms with Gasteiger partial charge in [-0.15, -0.1) is 0 Å². The number of ketones is 1. The molecule has 2 atom stereocenters. The third-order valence-electron chi connectivity index (χ3n) is 6.49. The summed E-state index contributed by atoms with van der Waals surface area (Å²) < 4.78 is 33.6. The number of benzene rings is 2. The van der Waals surface area contributed by atoms with Crippen LogP contribution in [-0.2, 0) is 9.53 Å². The lowest BCUT2D eigenvalue weighted by atomic mass is 9.97. The van der Waals surface area contributed by atoms with Crippen LogP contribution >= 0.6 is 0 Å². The van der Waals surface area contributed by atoms with Crippen LogP contribution < -0.4 is 0 Å². The molecule has 150 valence electrons. The maximum atomic E-state index is 14.0.